The lowest BCUT2D eigenvalue weighted by molar-refractivity contribution is -0.384. The highest BCUT2D eigenvalue weighted by molar-refractivity contribution is 6.30. The molecule has 1 aromatic carbocycles. The summed E-state index contributed by atoms with van der Waals surface area (Å²) in [5.74, 6) is 0.609. The highest BCUT2D eigenvalue weighted by Gasteiger charge is 2.21. The van der Waals surface area contributed by atoms with E-state index in [0.29, 0.717) is 12.2 Å². The lowest BCUT2D eigenvalue weighted by Crippen LogP contribution is -2.24. The van der Waals surface area contributed by atoms with Crippen molar-refractivity contribution in [3.63, 3.8) is 0 Å². The van der Waals surface area contributed by atoms with Crippen LogP contribution < -0.4 is 5.32 Å². The van der Waals surface area contributed by atoms with Gasteiger partial charge >= 0.3 is 0 Å². The van der Waals surface area contributed by atoms with Gasteiger partial charge in [0.05, 0.1) is 4.92 Å². The van der Waals surface area contributed by atoms with Gasteiger partial charge in [-0.15, -0.1) is 12.4 Å². The second-order valence-corrected chi connectivity index (χ2v) is 4.76. The van der Waals surface area contributed by atoms with Crippen molar-refractivity contribution >= 4 is 29.7 Å². The maximum absolute atomic E-state index is 11.0. The van der Waals surface area contributed by atoms with E-state index in [1.54, 1.807) is 6.07 Å². The van der Waals surface area contributed by atoms with Crippen LogP contribution in [0.15, 0.2) is 22.7 Å². The monoisotopic (exact) mass is 332 g/mol. The SMILES string of the molecule is CNC(C)Cc1noc(-c2ccc(Cl)cc2[N+](=O)[O-])n1.Cl. The number of aromatic nitrogens is 2. The van der Waals surface area contributed by atoms with Crippen molar-refractivity contribution in [2.75, 3.05) is 7.05 Å². The maximum atomic E-state index is 11.0. The summed E-state index contributed by atoms with van der Waals surface area (Å²) in [5.41, 5.74) is 0.102. The van der Waals surface area contributed by atoms with E-state index >= 15 is 0 Å². The highest BCUT2D eigenvalue weighted by Crippen LogP contribution is 2.31. The zero-order chi connectivity index (χ0) is 14.7. The fraction of sp³-hybridized carbons (Fsp3) is 0.333. The van der Waals surface area contributed by atoms with Gasteiger partial charge in [0.25, 0.3) is 11.6 Å². The molecule has 7 nitrogen and oxygen atoms in total. The molecule has 1 aromatic heterocycles. The third-order valence-electron chi connectivity index (χ3n) is 2.84. The van der Waals surface area contributed by atoms with Gasteiger partial charge in [-0.1, -0.05) is 16.8 Å². The molecule has 1 heterocycles. The first-order valence-corrected chi connectivity index (χ1v) is 6.33. The molecule has 0 aliphatic carbocycles. The van der Waals surface area contributed by atoms with Crippen LogP contribution in [-0.2, 0) is 6.42 Å². The van der Waals surface area contributed by atoms with Gasteiger partial charge in [-0.05, 0) is 26.1 Å². The number of likely N-dealkylation sites (N-methyl/N-ethyl adjacent to an activating group) is 1. The molecule has 114 valence electrons. The normalized spacial score (nSPS) is 11.8. The second kappa shape index (κ2) is 7.35. The van der Waals surface area contributed by atoms with Crippen LogP contribution in [0, 0.1) is 10.1 Å². The van der Waals surface area contributed by atoms with E-state index < -0.39 is 4.92 Å². The van der Waals surface area contributed by atoms with Crippen LogP contribution >= 0.6 is 24.0 Å². The third kappa shape index (κ3) is 4.13. The van der Waals surface area contributed by atoms with E-state index in [4.69, 9.17) is 16.1 Å². The van der Waals surface area contributed by atoms with E-state index in [1.165, 1.54) is 12.1 Å². The number of nitrogens with one attached hydrogen (secondary N) is 1. The van der Waals surface area contributed by atoms with Crippen molar-refractivity contribution in [2.45, 2.75) is 19.4 Å². The van der Waals surface area contributed by atoms with Gasteiger partial charge in [0, 0.05) is 23.6 Å². The van der Waals surface area contributed by atoms with Crippen LogP contribution in [0.2, 0.25) is 5.02 Å². The predicted molar refractivity (Wildman–Crippen MR) is 80.9 cm³/mol. The molecule has 2 rings (SSSR count). The average Bonchev–Trinajstić information content (AvgIpc) is 2.86. The Balaban J connectivity index is 0.00000220. The van der Waals surface area contributed by atoms with Crippen molar-refractivity contribution < 1.29 is 9.45 Å². The topological polar surface area (TPSA) is 94.1 Å². The Kier molecular flexibility index (Phi) is 6.07. The molecule has 9 heteroatoms. The lowest BCUT2D eigenvalue weighted by atomic mass is 10.2. The number of rotatable bonds is 5. The Morgan fingerprint density at radius 2 is 2.24 bits per heavy atom. The fourth-order valence-corrected chi connectivity index (χ4v) is 1.83. The van der Waals surface area contributed by atoms with Crippen molar-refractivity contribution in [3.05, 3.63) is 39.2 Å². The summed E-state index contributed by atoms with van der Waals surface area (Å²) in [6.07, 6.45) is 0.571. The summed E-state index contributed by atoms with van der Waals surface area (Å²) in [7, 11) is 1.83. The minimum absolute atomic E-state index is 0. The van der Waals surface area contributed by atoms with E-state index in [1.807, 2.05) is 14.0 Å². The van der Waals surface area contributed by atoms with Gasteiger partial charge < -0.3 is 9.84 Å². The van der Waals surface area contributed by atoms with Gasteiger partial charge in [0.1, 0.15) is 5.56 Å². The Morgan fingerprint density at radius 1 is 1.52 bits per heavy atom. The van der Waals surface area contributed by atoms with Crippen molar-refractivity contribution in [3.8, 4) is 11.5 Å². The molecular formula is C12H14Cl2N4O3. The van der Waals surface area contributed by atoms with Crippen LogP contribution in [0.3, 0.4) is 0 Å². The number of nitro groups is 1. The van der Waals surface area contributed by atoms with E-state index in [9.17, 15) is 10.1 Å². The van der Waals surface area contributed by atoms with Gasteiger partial charge in [-0.3, -0.25) is 10.1 Å². The largest absolute Gasteiger partial charge is 0.334 e. The summed E-state index contributed by atoms with van der Waals surface area (Å²) >= 11 is 5.76. The zero-order valence-corrected chi connectivity index (χ0v) is 12.9. The zero-order valence-electron chi connectivity index (χ0n) is 11.4. The van der Waals surface area contributed by atoms with Gasteiger partial charge in [0.2, 0.25) is 0 Å². The van der Waals surface area contributed by atoms with Crippen molar-refractivity contribution in [1.29, 1.82) is 0 Å². The minimum atomic E-state index is -0.526. The summed E-state index contributed by atoms with van der Waals surface area (Å²) in [5, 5.41) is 18.2. The quantitative estimate of drug-likeness (QED) is 0.668. The summed E-state index contributed by atoms with van der Waals surface area (Å²) in [6, 6.07) is 4.49. The van der Waals surface area contributed by atoms with Crippen LogP contribution in [0.25, 0.3) is 11.5 Å². The Morgan fingerprint density at radius 3 is 2.86 bits per heavy atom. The number of nitro benzene ring substituents is 1. The Bertz CT molecular complexity index is 633. The Hall–Kier alpha value is -1.70. The van der Waals surface area contributed by atoms with E-state index in [2.05, 4.69) is 15.5 Å². The van der Waals surface area contributed by atoms with Gasteiger partial charge in [0.15, 0.2) is 5.82 Å². The van der Waals surface area contributed by atoms with E-state index in [-0.39, 0.29) is 40.6 Å². The molecular weight excluding hydrogens is 319 g/mol. The first kappa shape index (κ1) is 17.4. The number of benzene rings is 1. The molecule has 0 saturated carbocycles. The molecule has 1 unspecified atom stereocenters. The first-order chi connectivity index (χ1) is 9.51. The van der Waals surface area contributed by atoms with Crippen molar-refractivity contribution in [1.82, 2.24) is 15.5 Å². The van der Waals surface area contributed by atoms with Crippen LogP contribution in [-0.4, -0.2) is 28.2 Å². The molecule has 0 fully saturated rings. The number of hydrogen-bond donors (Lipinski definition) is 1. The molecule has 0 radical (unpaired) electrons. The standard InChI is InChI=1S/C12H13ClN4O3.ClH/c1-7(14-2)5-11-15-12(20-16-11)9-4-3-8(13)6-10(9)17(18)19;/h3-4,6-7,14H,5H2,1-2H3;1H. The average molecular weight is 333 g/mol. The van der Waals surface area contributed by atoms with Gasteiger partial charge in [-0.2, -0.15) is 4.98 Å². The van der Waals surface area contributed by atoms with Crippen LogP contribution in [0.4, 0.5) is 5.69 Å². The predicted octanol–water partition coefficient (Wildman–Crippen LogP) is 2.87. The summed E-state index contributed by atoms with van der Waals surface area (Å²) < 4.78 is 5.09. The molecule has 0 amide bonds. The second-order valence-electron chi connectivity index (χ2n) is 4.33. The summed E-state index contributed by atoms with van der Waals surface area (Å²) in [4.78, 5) is 14.7. The van der Waals surface area contributed by atoms with E-state index in [0.717, 1.165) is 0 Å². The van der Waals surface area contributed by atoms with Crippen LogP contribution in [0.5, 0.6) is 0 Å². The molecule has 21 heavy (non-hydrogen) atoms. The third-order valence-corrected chi connectivity index (χ3v) is 3.07. The molecule has 0 bridgehead atoms. The smallest absolute Gasteiger partial charge is 0.283 e. The molecule has 0 aliphatic heterocycles. The number of halogens is 2. The molecule has 0 aliphatic rings. The highest BCUT2D eigenvalue weighted by atomic mass is 35.5. The lowest BCUT2D eigenvalue weighted by Gasteiger charge is -2.04. The molecule has 1 atom stereocenters. The molecule has 2 aromatic rings. The number of hydrogen-bond acceptors (Lipinski definition) is 6. The van der Waals surface area contributed by atoms with Gasteiger partial charge in [-0.25, -0.2) is 0 Å². The number of nitrogens with zero attached hydrogens (tertiary/aromatic N) is 3. The Labute approximate surface area is 132 Å². The molecule has 1 N–H and O–H groups in total. The first-order valence-electron chi connectivity index (χ1n) is 5.95. The fourth-order valence-electron chi connectivity index (χ4n) is 1.66. The molecule has 0 saturated heterocycles. The summed E-state index contributed by atoms with van der Waals surface area (Å²) in [6.45, 7) is 1.97. The molecule has 0 spiro atoms. The maximum Gasteiger partial charge on any atom is 0.283 e. The van der Waals surface area contributed by atoms with Crippen LogP contribution in [0.1, 0.15) is 12.7 Å². The minimum Gasteiger partial charge on any atom is -0.334 e. The van der Waals surface area contributed by atoms with Crippen molar-refractivity contribution in [2.24, 2.45) is 0 Å².